The van der Waals surface area contributed by atoms with E-state index in [0.717, 1.165) is 7.11 Å². The zero-order valence-electron chi connectivity index (χ0n) is 9.05. The SMILES string of the molecule is COc1cc(C(F)(F)F)c(C(F)F)nc1CC#N. The molecule has 0 N–H and O–H groups in total. The van der Waals surface area contributed by atoms with Gasteiger partial charge in [0.15, 0.2) is 0 Å². The molecule has 0 aromatic carbocycles. The second-order valence-corrected chi connectivity index (χ2v) is 3.20. The molecule has 0 saturated heterocycles. The van der Waals surface area contributed by atoms with Crippen molar-refractivity contribution in [2.75, 3.05) is 7.11 Å². The predicted octanol–water partition coefficient (Wildman–Crippen LogP) is 3.11. The average molecular weight is 266 g/mol. The molecule has 0 unspecified atom stereocenters. The maximum absolute atomic E-state index is 12.5. The molecule has 0 aliphatic carbocycles. The Balaban J connectivity index is 3.48. The van der Waals surface area contributed by atoms with Gasteiger partial charge in [-0.3, -0.25) is 0 Å². The number of hydrogen-bond donors (Lipinski definition) is 0. The summed E-state index contributed by atoms with van der Waals surface area (Å²) < 4.78 is 67.3. The van der Waals surface area contributed by atoms with E-state index in [-0.39, 0.29) is 11.4 Å². The largest absolute Gasteiger partial charge is 0.495 e. The van der Waals surface area contributed by atoms with Crippen molar-refractivity contribution in [1.82, 2.24) is 4.98 Å². The van der Waals surface area contributed by atoms with Gasteiger partial charge in [-0.25, -0.2) is 13.8 Å². The lowest BCUT2D eigenvalue weighted by Gasteiger charge is -2.15. The molecular formula is C10H7F5N2O. The third-order valence-electron chi connectivity index (χ3n) is 2.07. The van der Waals surface area contributed by atoms with Crippen molar-refractivity contribution < 1.29 is 26.7 Å². The van der Waals surface area contributed by atoms with Crippen molar-refractivity contribution >= 4 is 0 Å². The number of aromatic nitrogens is 1. The summed E-state index contributed by atoms with van der Waals surface area (Å²) in [5.74, 6) is -0.340. The number of nitrogens with zero attached hydrogens (tertiary/aromatic N) is 2. The number of pyridine rings is 1. The highest BCUT2D eigenvalue weighted by Gasteiger charge is 2.38. The number of halogens is 5. The normalized spacial score (nSPS) is 11.4. The van der Waals surface area contributed by atoms with E-state index in [1.54, 1.807) is 6.07 Å². The second kappa shape index (κ2) is 5.16. The van der Waals surface area contributed by atoms with Gasteiger partial charge in [0.1, 0.15) is 11.4 Å². The molecule has 0 amide bonds. The lowest BCUT2D eigenvalue weighted by Crippen LogP contribution is -2.13. The molecule has 0 saturated carbocycles. The summed E-state index contributed by atoms with van der Waals surface area (Å²) in [6, 6.07) is 2.05. The van der Waals surface area contributed by atoms with E-state index in [4.69, 9.17) is 5.26 Å². The van der Waals surface area contributed by atoms with Crippen LogP contribution in [-0.2, 0) is 12.6 Å². The number of rotatable bonds is 3. The molecule has 1 heterocycles. The van der Waals surface area contributed by atoms with Crippen LogP contribution in [0.5, 0.6) is 5.75 Å². The van der Waals surface area contributed by atoms with Gasteiger partial charge in [-0.1, -0.05) is 0 Å². The highest BCUT2D eigenvalue weighted by atomic mass is 19.4. The fourth-order valence-electron chi connectivity index (χ4n) is 1.32. The molecule has 3 nitrogen and oxygen atoms in total. The fourth-order valence-corrected chi connectivity index (χ4v) is 1.32. The molecule has 1 aromatic rings. The average Bonchev–Trinajstić information content (AvgIpc) is 2.27. The van der Waals surface area contributed by atoms with Crippen LogP contribution < -0.4 is 4.74 Å². The van der Waals surface area contributed by atoms with Crippen LogP contribution in [0.4, 0.5) is 22.0 Å². The van der Waals surface area contributed by atoms with Gasteiger partial charge in [-0.05, 0) is 6.07 Å². The summed E-state index contributed by atoms with van der Waals surface area (Å²) in [4.78, 5) is 3.18. The lowest BCUT2D eigenvalue weighted by atomic mass is 10.1. The van der Waals surface area contributed by atoms with Crippen LogP contribution in [-0.4, -0.2) is 12.1 Å². The van der Waals surface area contributed by atoms with Gasteiger partial charge in [-0.2, -0.15) is 18.4 Å². The minimum absolute atomic E-state index is 0.247. The topological polar surface area (TPSA) is 45.9 Å². The van der Waals surface area contributed by atoms with E-state index < -0.39 is 30.3 Å². The quantitative estimate of drug-likeness (QED) is 0.789. The van der Waals surface area contributed by atoms with Crippen molar-refractivity contribution in [2.45, 2.75) is 19.0 Å². The van der Waals surface area contributed by atoms with E-state index in [1.807, 2.05) is 0 Å². The Kier molecular flexibility index (Phi) is 4.06. The zero-order chi connectivity index (χ0) is 13.9. The van der Waals surface area contributed by atoms with Crippen LogP contribution in [0.2, 0.25) is 0 Å². The molecule has 0 radical (unpaired) electrons. The van der Waals surface area contributed by atoms with Gasteiger partial charge in [0.05, 0.1) is 30.9 Å². The molecular weight excluding hydrogens is 259 g/mol. The maximum Gasteiger partial charge on any atom is 0.418 e. The zero-order valence-corrected chi connectivity index (χ0v) is 9.05. The van der Waals surface area contributed by atoms with Crippen LogP contribution in [0.25, 0.3) is 0 Å². The summed E-state index contributed by atoms with van der Waals surface area (Å²) in [6.07, 6.45) is -8.76. The third kappa shape index (κ3) is 2.85. The van der Waals surface area contributed by atoms with Gasteiger partial charge in [0, 0.05) is 0 Å². The Morgan fingerprint density at radius 2 is 2.06 bits per heavy atom. The molecule has 1 aromatic heterocycles. The van der Waals surface area contributed by atoms with Crippen molar-refractivity contribution in [2.24, 2.45) is 0 Å². The van der Waals surface area contributed by atoms with E-state index in [0.29, 0.717) is 6.07 Å². The van der Waals surface area contributed by atoms with Gasteiger partial charge in [0.2, 0.25) is 0 Å². The minimum atomic E-state index is -4.96. The Morgan fingerprint density at radius 1 is 1.44 bits per heavy atom. The van der Waals surface area contributed by atoms with E-state index in [2.05, 4.69) is 9.72 Å². The Morgan fingerprint density at radius 3 is 2.44 bits per heavy atom. The number of hydrogen-bond acceptors (Lipinski definition) is 3. The first kappa shape index (κ1) is 14.2. The third-order valence-corrected chi connectivity index (χ3v) is 2.07. The molecule has 0 aliphatic rings. The molecule has 1 rings (SSSR count). The molecule has 0 atom stereocenters. The summed E-state index contributed by atoms with van der Waals surface area (Å²) >= 11 is 0. The number of alkyl halides is 5. The second-order valence-electron chi connectivity index (χ2n) is 3.20. The highest BCUT2D eigenvalue weighted by Crippen LogP contribution is 2.38. The van der Waals surface area contributed by atoms with Crippen molar-refractivity contribution in [3.05, 3.63) is 23.0 Å². The van der Waals surface area contributed by atoms with Crippen molar-refractivity contribution in [1.29, 1.82) is 5.26 Å². The Labute approximate surface area is 98.8 Å². The number of nitriles is 1. The van der Waals surface area contributed by atoms with Crippen LogP contribution in [0.15, 0.2) is 6.07 Å². The van der Waals surface area contributed by atoms with Gasteiger partial charge < -0.3 is 4.74 Å². The van der Waals surface area contributed by atoms with Gasteiger partial charge in [-0.15, -0.1) is 0 Å². The predicted molar refractivity (Wildman–Crippen MR) is 50.1 cm³/mol. The molecule has 0 aliphatic heterocycles. The monoisotopic (exact) mass is 266 g/mol. The van der Waals surface area contributed by atoms with E-state index in [1.165, 1.54) is 0 Å². The van der Waals surface area contributed by atoms with Gasteiger partial charge >= 0.3 is 6.18 Å². The first-order valence-corrected chi connectivity index (χ1v) is 4.61. The molecule has 18 heavy (non-hydrogen) atoms. The summed E-state index contributed by atoms with van der Waals surface area (Å²) in [6.45, 7) is 0. The van der Waals surface area contributed by atoms with Crippen LogP contribution in [0, 0.1) is 11.3 Å². The number of ether oxygens (including phenoxy) is 1. The lowest BCUT2D eigenvalue weighted by molar-refractivity contribution is -0.140. The summed E-state index contributed by atoms with van der Waals surface area (Å²) in [5, 5.41) is 8.44. The molecule has 0 fully saturated rings. The van der Waals surface area contributed by atoms with Crippen LogP contribution in [0.1, 0.15) is 23.4 Å². The van der Waals surface area contributed by atoms with E-state index in [9.17, 15) is 22.0 Å². The summed E-state index contributed by atoms with van der Waals surface area (Å²) in [5.41, 5.74) is -3.20. The van der Waals surface area contributed by atoms with Crippen LogP contribution in [0.3, 0.4) is 0 Å². The van der Waals surface area contributed by atoms with Crippen LogP contribution >= 0.6 is 0 Å². The first-order valence-electron chi connectivity index (χ1n) is 4.61. The Hall–Kier alpha value is -1.91. The molecule has 0 bridgehead atoms. The highest BCUT2D eigenvalue weighted by molar-refractivity contribution is 5.39. The minimum Gasteiger partial charge on any atom is -0.495 e. The molecule has 0 spiro atoms. The van der Waals surface area contributed by atoms with Crippen molar-refractivity contribution in [3.8, 4) is 11.8 Å². The molecule has 8 heteroatoms. The van der Waals surface area contributed by atoms with Crippen molar-refractivity contribution in [3.63, 3.8) is 0 Å². The smallest absolute Gasteiger partial charge is 0.418 e. The standard InChI is InChI=1S/C10H7F5N2O/c1-18-7-4-5(10(13,14)15)8(9(11)12)17-6(7)2-3-16/h4,9H,2H2,1H3. The van der Waals surface area contributed by atoms with Gasteiger partial charge in [0.25, 0.3) is 6.43 Å². The number of methoxy groups -OCH3 is 1. The summed E-state index contributed by atoms with van der Waals surface area (Å²) in [7, 11) is 1.07. The molecule has 98 valence electrons. The fraction of sp³-hybridized carbons (Fsp3) is 0.400. The Bertz CT molecular complexity index is 478. The first-order chi connectivity index (χ1) is 8.31. The van der Waals surface area contributed by atoms with E-state index >= 15 is 0 Å². The maximum atomic E-state index is 12.5.